The number of benzene rings is 2. The van der Waals surface area contributed by atoms with E-state index in [1.807, 2.05) is 0 Å². The second-order valence-electron chi connectivity index (χ2n) is 10.7. The highest BCUT2D eigenvalue weighted by Gasteiger charge is 2.49. The van der Waals surface area contributed by atoms with Crippen LogP contribution in [-0.2, 0) is 59.2 Å². The van der Waals surface area contributed by atoms with Crippen molar-refractivity contribution in [1.82, 2.24) is 0 Å². The normalized spacial score (nSPS) is 17.7. The standard InChI is InChI=1S/C33H46O3/c1-7-23-15-17-29(27(11-5)25(23)9-3)32(19-13-20-32)35-31(34)36-33(21-14-22-33)30-18-16-24(8-2)26(10-4)28(30)12-6/h15-18H,7-14,19-22H2,1-6H3. The van der Waals surface area contributed by atoms with Crippen LogP contribution in [-0.4, -0.2) is 6.16 Å². The minimum atomic E-state index is -0.544. The molecule has 2 aliphatic rings. The molecule has 3 heteroatoms. The molecular weight excluding hydrogens is 444 g/mol. The van der Waals surface area contributed by atoms with Crippen molar-refractivity contribution in [2.45, 2.75) is 130 Å². The fourth-order valence-electron chi connectivity index (χ4n) is 6.88. The van der Waals surface area contributed by atoms with Crippen LogP contribution in [0.4, 0.5) is 4.79 Å². The minimum absolute atomic E-state index is 0.492. The van der Waals surface area contributed by atoms with E-state index in [1.54, 1.807) is 0 Å². The fourth-order valence-corrected chi connectivity index (χ4v) is 6.88. The third-order valence-electron chi connectivity index (χ3n) is 9.09. The number of carbonyl (C=O) groups is 1. The summed E-state index contributed by atoms with van der Waals surface area (Å²) in [5.41, 5.74) is 9.78. The van der Waals surface area contributed by atoms with E-state index in [2.05, 4.69) is 65.8 Å². The van der Waals surface area contributed by atoms with Crippen molar-refractivity contribution in [2.24, 2.45) is 0 Å². The van der Waals surface area contributed by atoms with Crippen LogP contribution in [0.5, 0.6) is 0 Å². The number of hydrogen-bond donors (Lipinski definition) is 0. The highest BCUT2D eigenvalue weighted by molar-refractivity contribution is 5.63. The lowest BCUT2D eigenvalue weighted by Gasteiger charge is -2.46. The van der Waals surface area contributed by atoms with Crippen LogP contribution in [0.3, 0.4) is 0 Å². The Hall–Kier alpha value is -2.29. The second-order valence-corrected chi connectivity index (χ2v) is 10.7. The molecule has 0 aromatic heterocycles. The molecule has 3 nitrogen and oxygen atoms in total. The molecule has 36 heavy (non-hydrogen) atoms. The van der Waals surface area contributed by atoms with E-state index in [9.17, 15) is 4.79 Å². The van der Waals surface area contributed by atoms with Gasteiger partial charge in [-0.1, -0.05) is 65.8 Å². The van der Waals surface area contributed by atoms with Gasteiger partial charge < -0.3 is 9.47 Å². The van der Waals surface area contributed by atoms with Gasteiger partial charge in [-0.25, -0.2) is 4.79 Å². The molecule has 0 saturated heterocycles. The van der Waals surface area contributed by atoms with Crippen LogP contribution in [0.2, 0.25) is 0 Å². The highest BCUT2D eigenvalue weighted by atomic mass is 16.7. The van der Waals surface area contributed by atoms with Gasteiger partial charge in [-0.3, -0.25) is 0 Å². The Morgan fingerprint density at radius 2 is 0.944 bits per heavy atom. The quantitative estimate of drug-likeness (QED) is 0.313. The second kappa shape index (κ2) is 11.0. The topological polar surface area (TPSA) is 35.5 Å². The number of rotatable bonds is 10. The maximum atomic E-state index is 13.5. The van der Waals surface area contributed by atoms with Crippen molar-refractivity contribution in [3.63, 3.8) is 0 Å². The van der Waals surface area contributed by atoms with Crippen LogP contribution in [0, 0.1) is 0 Å². The predicted octanol–water partition coefficient (Wildman–Crippen LogP) is 8.67. The molecule has 0 heterocycles. The fraction of sp³-hybridized carbons (Fsp3) is 0.606. The third kappa shape index (κ3) is 4.48. The van der Waals surface area contributed by atoms with Gasteiger partial charge in [0.25, 0.3) is 0 Å². The van der Waals surface area contributed by atoms with Crippen LogP contribution in [0.25, 0.3) is 0 Å². The Labute approximate surface area is 219 Å². The Morgan fingerprint density at radius 3 is 1.19 bits per heavy atom. The van der Waals surface area contributed by atoms with Crippen LogP contribution in [0.15, 0.2) is 24.3 Å². The molecule has 4 rings (SSSR count). The molecule has 0 radical (unpaired) electrons. The first kappa shape index (κ1) is 26.8. The van der Waals surface area contributed by atoms with E-state index in [4.69, 9.17) is 9.47 Å². The zero-order chi connectivity index (χ0) is 25.9. The first-order chi connectivity index (χ1) is 17.4. The average molecular weight is 491 g/mol. The summed E-state index contributed by atoms with van der Waals surface area (Å²) in [4.78, 5) is 13.5. The first-order valence-electron chi connectivity index (χ1n) is 14.6. The molecule has 0 bridgehead atoms. The lowest BCUT2D eigenvalue weighted by Crippen LogP contribution is -2.45. The Kier molecular flexibility index (Phi) is 8.17. The molecule has 0 aliphatic heterocycles. The van der Waals surface area contributed by atoms with Gasteiger partial charge in [0.1, 0.15) is 11.2 Å². The van der Waals surface area contributed by atoms with Gasteiger partial charge in [-0.2, -0.15) is 0 Å². The molecule has 0 spiro atoms. The van der Waals surface area contributed by atoms with E-state index in [0.717, 1.165) is 77.0 Å². The van der Waals surface area contributed by atoms with Crippen molar-refractivity contribution in [3.8, 4) is 0 Å². The predicted molar refractivity (Wildman–Crippen MR) is 148 cm³/mol. The summed E-state index contributed by atoms with van der Waals surface area (Å²) in [6.07, 6.45) is 11.2. The van der Waals surface area contributed by atoms with Crippen molar-refractivity contribution in [1.29, 1.82) is 0 Å². The molecule has 0 amide bonds. The van der Waals surface area contributed by atoms with Crippen molar-refractivity contribution in [2.75, 3.05) is 0 Å². The van der Waals surface area contributed by atoms with Crippen LogP contribution in [0.1, 0.15) is 125 Å². The van der Waals surface area contributed by atoms with Crippen LogP contribution >= 0.6 is 0 Å². The Bertz CT molecular complexity index is 1000. The van der Waals surface area contributed by atoms with Crippen molar-refractivity contribution < 1.29 is 14.3 Å². The van der Waals surface area contributed by atoms with Crippen molar-refractivity contribution in [3.05, 3.63) is 68.8 Å². The molecule has 2 aliphatic carbocycles. The molecule has 2 aromatic rings. The molecule has 2 fully saturated rings. The number of ether oxygens (including phenoxy) is 2. The van der Waals surface area contributed by atoms with Gasteiger partial charge in [0, 0.05) is 0 Å². The summed E-state index contributed by atoms with van der Waals surface area (Å²) in [7, 11) is 0. The summed E-state index contributed by atoms with van der Waals surface area (Å²) >= 11 is 0. The van der Waals surface area contributed by atoms with Crippen LogP contribution < -0.4 is 0 Å². The number of carbonyl (C=O) groups excluding carboxylic acids is 1. The van der Waals surface area contributed by atoms with Gasteiger partial charge >= 0.3 is 6.16 Å². The highest BCUT2D eigenvalue weighted by Crippen LogP contribution is 2.50. The van der Waals surface area contributed by atoms with E-state index >= 15 is 0 Å². The molecular formula is C33H46O3. The van der Waals surface area contributed by atoms with E-state index < -0.39 is 17.4 Å². The molecule has 0 unspecified atom stereocenters. The summed E-state index contributed by atoms with van der Waals surface area (Å²) in [5, 5.41) is 0. The molecule has 0 atom stereocenters. The molecule has 196 valence electrons. The minimum Gasteiger partial charge on any atom is -0.423 e. The smallest absolute Gasteiger partial charge is 0.423 e. The van der Waals surface area contributed by atoms with E-state index in [0.29, 0.717) is 0 Å². The summed E-state index contributed by atoms with van der Waals surface area (Å²) in [6, 6.07) is 8.97. The van der Waals surface area contributed by atoms with Gasteiger partial charge in [-0.15, -0.1) is 0 Å². The SMILES string of the molecule is CCc1ccc(C2(OC(=O)OC3(c4ccc(CC)c(CC)c4CC)CCC3)CCC2)c(CC)c1CC. The van der Waals surface area contributed by atoms with Gasteiger partial charge in [0.2, 0.25) is 0 Å². The van der Waals surface area contributed by atoms with Gasteiger partial charge in [0.15, 0.2) is 0 Å². The van der Waals surface area contributed by atoms with E-state index in [1.165, 1.54) is 44.5 Å². The largest absolute Gasteiger partial charge is 0.510 e. The molecule has 2 aromatic carbocycles. The molecule has 0 N–H and O–H groups in total. The molecule has 2 saturated carbocycles. The number of aryl methyl sites for hydroxylation is 2. The Morgan fingerprint density at radius 1 is 0.583 bits per heavy atom. The van der Waals surface area contributed by atoms with Gasteiger partial charge in [-0.05, 0) is 122 Å². The lowest BCUT2D eigenvalue weighted by atomic mass is 9.71. The zero-order valence-electron chi connectivity index (χ0n) is 23.5. The monoisotopic (exact) mass is 490 g/mol. The van der Waals surface area contributed by atoms with E-state index in [-0.39, 0.29) is 0 Å². The maximum Gasteiger partial charge on any atom is 0.510 e. The lowest BCUT2D eigenvalue weighted by molar-refractivity contribution is -0.136. The first-order valence-corrected chi connectivity index (χ1v) is 14.6. The third-order valence-corrected chi connectivity index (χ3v) is 9.09. The average Bonchev–Trinajstić information content (AvgIpc) is 2.86. The Balaban J connectivity index is 1.64. The maximum absolute atomic E-state index is 13.5. The van der Waals surface area contributed by atoms with Gasteiger partial charge in [0.05, 0.1) is 0 Å². The summed E-state index contributed by atoms with van der Waals surface area (Å²) < 4.78 is 12.7. The summed E-state index contributed by atoms with van der Waals surface area (Å²) in [6.45, 7) is 13.4. The summed E-state index contributed by atoms with van der Waals surface area (Å²) in [5.74, 6) is 0. The zero-order valence-corrected chi connectivity index (χ0v) is 23.5. The van der Waals surface area contributed by atoms with Crippen molar-refractivity contribution >= 4 is 6.16 Å². The number of hydrogen-bond acceptors (Lipinski definition) is 3.